The summed E-state index contributed by atoms with van der Waals surface area (Å²) in [6, 6.07) is 7.67. The second-order valence-corrected chi connectivity index (χ2v) is 5.81. The first kappa shape index (κ1) is 15.5. The lowest BCUT2D eigenvalue weighted by Crippen LogP contribution is -2.50. The van der Waals surface area contributed by atoms with E-state index in [0.29, 0.717) is 25.4 Å². The van der Waals surface area contributed by atoms with Crippen LogP contribution in [0, 0.1) is 0 Å². The second kappa shape index (κ2) is 7.22. The molecule has 1 atom stereocenters. The first-order chi connectivity index (χ1) is 10.8. The molecule has 0 spiro atoms. The number of amides is 1. The number of piperidine rings is 1. The van der Waals surface area contributed by atoms with Crippen molar-refractivity contribution in [3.05, 3.63) is 35.4 Å². The third-order valence-electron chi connectivity index (χ3n) is 4.26. The van der Waals surface area contributed by atoms with Gasteiger partial charge in [-0.25, -0.2) is 0 Å². The number of hydrogen-bond donors (Lipinski definition) is 0. The zero-order valence-corrected chi connectivity index (χ0v) is 13.0. The maximum absolute atomic E-state index is 12.9. The third kappa shape index (κ3) is 3.32. The molecule has 2 saturated heterocycles. The van der Waals surface area contributed by atoms with Crippen LogP contribution in [0.5, 0.6) is 0 Å². The molecular weight excluding hydrogens is 282 g/mol. The number of methoxy groups -OCH3 is 1. The van der Waals surface area contributed by atoms with Crippen molar-refractivity contribution >= 4 is 5.91 Å². The molecule has 5 heteroatoms. The van der Waals surface area contributed by atoms with E-state index in [-0.39, 0.29) is 18.2 Å². The summed E-state index contributed by atoms with van der Waals surface area (Å²) in [6.45, 7) is 2.51. The normalized spacial score (nSPS) is 23.0. The molecule has 2 aliphatic heterocycles. The molecule has 0 N–H and O–H groups in total. The van der Waals surface area contributed by atoms with Gasteiger partial charge in [0, 0.05) is 19.2 Å². The van der Waals surface area contributed by atoms with Gasteiger partial charge in [-0.2, -0.15) is 0 Å². The molecule has 0 radical (unpaired) electrons. The SMILES string of the molecule is COCc1cccc(C(=O)N2CCCC[C@H]2C2OCCO2)c1. The zero-order chi connectivity index (χ0) is 15.4. The van der Waals surface area contributed by atoms with Crippen LogP contribution in [0.15, 0.2) is 24.3 Å². The number of nitrogens with zero attached hydrogens (tertiary/aromatic N) is 1. The number of benzene rings is 1. The standard InChI is InChI=1S/C17H23NO4/c1-20-12-13-5-4-6-14(11-13)16(19)18-8-3-2-7-15(18)17-21-9-10-22-17/h4-6,11,15,17H,2-3,7-10,12H2,1H3/t15-/m0/s1. The minimum absolute atomic E-state index is 0.0230. The molecule has 120 valence electrons. The highest BCUT2D eigenvalue weighted by Gasteiger charge is 2.36. The van der Waals surface area contributed by atoms with E-state index in [1.54, 1.807) is 7.11 Å². The van der Waals surface area contributed by atoms with Gasteiger partial charge in [0.2, 0.25) is 0 Å². The average Bonchev–Trinajstić information content (AvgIpc) is 3.09. The molecule has 1 amide bonds. The van der Waals surface area contributed by atoms with Crippen LogP contribution >= 0.6 is 0 Å². The number of rotatable bonds is 4. The van der Waals surface area contributed by atoms with Gasteiger partial charge >= 0.3 is 0 Å². The first-order valence-electron chi connectivity index (χ1n) is 7.91. The van der Waals surface area contributed by atoms with Crippen molar-refractivity contribution in [1.29, 1.82) is 0 Å². The molecule has 1 aromatic carbocycles. The van der Waals surface area contributed by atoms with Gasteiger partial charge in [0.15, 0.2) is 6.29 Å². The van der Waals surface area contributed by atoms with E-state index in [0.717, 1.165) is 31.4 Å². The Morgan fingerprint density at radius 2 is 2.14 bits per heavy atom. The van der Waals surface area contributed by atoms with Gasteiger partial charge in [-0.05, 0) is 37.0 Å². The summed E-state index contributed by atoms with van der Waals surface area (Å²) < 4.78 is 16.4. The molecule has 3 rings (SSSR count). The lowest BCUT2D eigenvalue weighted by molar-refractivity contribution is -0.100. The van der Waals surface area contributed by atoms with E-state index in [4.69, 9.17) is 14.2 Å². The number of ether oxygens (including phenoxy) is 3. The van der Waals surface area contributed by atoms with Crippen LogP contribution in [0.25, 0.3) is 0 Å². The minimum Gasteiger partial charge on any atom is -0.380 e. The minimum atomic E-state index is -0.272. The summed E-state index contributed by atoms with van der Waals surface area (Å²) in [4.78, 5) is 14.8. The fourth-order valence-corrected chi connectivity index (χ4v) is 3.22. The highest BCUT2D eigenvalue weighted by molar-refractivity contribution is 5.94. The summed E-state index contributed by atoms with van der Waals surface area (Å²) in [5, 5.41) is 0. The maximum atomic E-state index is 12.9. The van der Waals surface area contributed by atoms with Crippen LogP contribution in [-0.4, -0.2) is 50.0 Å². The molecule has 2 fully saturated rings. The number of likely N-dealkylation sites (tertiary alicyclic amines) is 1. The summed E-state index contributed by atoms with van der Waals surface area (Å²) in [5.41, 5.74) is 1.72. The van der Waals surface area contributed by atoms with Crippen LogP contribution in [0.4, 0.5) is 0 Å². The molecule has 22 heavy (non-hydrogen) atoms. The molecule has 5 nitrogen and oxygen atoms in total. The summed E-state index contributed by atoms with van der Waals surface area (Å²) >= 11 is 0. The van der Waals surface area contributed by atoms with Crippen molar-refractivity contribution in [3.8, 4) is 0 Å². The van der Waals surface area contributed by atoms with Crippen LogP contribution < -0.4 is 0 Å². The van der Waals surface area contributed by atoms with E-state index in [1.165, 1.54) is 0 Å². The lowest BCUT2D eigenvalue weighted by atomic mass is 9.99. The van der Waals surface area contributed by atoms with E-state index in [2.05, 4.69) is 0 Å². The first-order valence-corrected chi connectivity index (χ1v) is 7.91. The van der Waals surface area contributed by atoms with Crippen LogP contribution in [0.1, 0.15) is 35.2 Å². The quantitative estimate of drug-likeness (QED) is 0.855. The number of carbonyl (C=O) groups excluding carboxylic acids is 1. The van der Waals surface area contributed by atoms with Crippen LogP contribution in [0.2, 0.25) is 0 Å². The highest BCUT2D eigenvalue weighted by atomic mass is 16.7. The fraction of sp³-hybridized carbons (Fsp3) is 0.588. The van der Waals surface area contributed by atoms with E-state index >= 15 is 0 Å². The summed E-state index contributed by atoms with van der Waals surface area (Å²) in [5.74, 6) is 0.0572. The van der Waals surface area contributed by atoms with Gasteiger partial charge < -0.3 is 19.1 Å². The van der Waals surface area contributed by atoms with Crippen molar-refractivity contribution in [2.45, 2.75) is 38.2 Å². The Morgan fingerprint density at radius 3 is 2.91 bits per heavy atom. The number of hydrogen-bond acceptors (Lipinski definition) is 4. The van der Waals surface area contributed by atoms with Gasteiger partial charge in [0.05, 0.1) is 25.9 Å². The molecule has 0 aliphatic carbocycles. The maximum Gasteiger partial charge on any atom is 0.254 e. The zero-order valence-electron chi connectivity index (χ0n) is 13.0. The number of carbonyl (C=O) groups is 1. The fourth-order valence-electron chi connectivity index (χ4n) is 3.22. The van der Waals surface area contributed by atoms with Gasteiger partial charge in [0.25, 0.3) is 5.91 Å². The van der Waals surface area contributed by atoms with Gasteiger partial charge in [-0.1, -0.05) is 12.1 Å². The molecule has 2 heterocycles. The lowest BCUT2D eigenvalue weighted by Gasteiger charge is -2.38. The Bertz CT molecular complexity index is 513. The van der Waals surface area contributed by atoms with Crippen LogP contribution in [-0.2, 0) is 20.8 Å². The van der Waals surface area contributed by atoms with E-state index < -0.39 is 0 Å². The van der Waals surface area contributed by atoms with Gasteiger partial charge in [-0.15, -0.1) is 0 Å². The second-order valence-electron chi connectivity index (χ2n) is 5.81. The Morgan fingerprint density at radius 1 is 1.32 bits per heavy atom. The van der Waals surface area contributed by atoms with E-state index in [1.807, 2.05) is 29.2 Å². The predicted molar refractivity (Wildman–Crippen MR) is 81.5 cm³/mol. The van der Waals surface area contributed by atoms with Crippen molar-refractivity contribution in [2.75, 3.05) is 26.9 Å². The Labute approximate surface area is 131 Å². The molecule has 0 saturated carbocycles. The van der Waals surface area contributed by atoms with Gasteiger partial charge in [-0.3, -0.25) is 4.79 Å². The summed E-state index contributed by atoms with van der Waals surface area (Å²) in [6.07, 6.45) is 2.81. The smallest absolute Gasteiger partial charge is 0.254 e. The Kier molecular flexibility index (Phi) is 5.08. The average molecular weight is 305 g/mol. The summed E-state index contributed by atoms with van der Waals surface area (Å²) in [7, 11) is 1.66. The Hall–Kier alpha value is -1.43. The van der Waals surface area contributed by atoms with Crippen molar-refractivity contribution in [3.63, 3.8) is 0 Å². The van der Waals surface area contributed by atoms with Crippen molar-refractivity contribution < 1.29 is 19.0 Å². The third-order valence-corrected chi connectivity index (χ3v) is 4.26. The van der Waals surface area contributed by atoms with Gasteiger partial charge in [0.1, 0.15) is 0 Å². The van der Waals surface area contributed by atoms with Crippen molar-refractivity contribution in [1.82, 2.24) is 4.90 Å². The van der Waals surface area contributed by atoms with E-state index in [9.17, 15) is 4.79 Å². The Balaban J connectivity index is 1.77. The van der Waals surface area contributed by atoms with Crippen molar-refractivity contribution in [2.24, 2.45) is 0 Å². The molecule has 0 aromatic heterocycles. The predicted octanol–water partition coefficient (Wildman–Crippen LogP) is 2.20. The monoisotopic (exact) mass is 305 g/mol. The van der Waals surface area contributed by atoms with Crippen LogP contribution in [0.3, 0.4) is 0 Å². The topological polar surface area (TPSA) is 48.0 Å². The largest absolute Gasteiger partial charge is 0.380 e. The molecular formula is C17H23NO4. The molecule has 2 aliphatic rings. The highest BCUT2D eigenvalue weighted by Crippen LogP contribution is 2.26. The molecule has 0 bridgehead atoms. The molecule has 0 unspecified atom stereocenters. The molecule has 1 aromatic rings.